The van der Waals surface area contributed by atoms with Crippen LogP contribution in [0.25, 0.3) is 0 Å². The lowest BCUT2D eigenvalue weighted by molar-refractivity contribution is 0.104. The molecule has 1 saturated heterocycles. The van der Waals surface area contributed by atoms with Gasteiger partial charge in [-0.1, -0.05) is 42.5 Å². The van der Waals surface area contributed by atoms with Gasteiger partial charge in [0.1, 0.15) is 12.4 Å². The molecule has 0 N–H and O–H groups in total. The number of ether oxygens (including phenoxy) is 1. The first-order chi connectivity index (χ1) is 10.7. The quantitative estimate of drug-likeness (QED) is 0.859. The molecule has 0 saturated carbocycles. The zero-order chi connectivity index (χ0) is 15.4. The summed E-state index contributed by atoms with van der Waals surface area (Å²) >= 11 is 0. The fourth-order valence-electron chi connectivity index (χ4n) is 2.74. The van der Waals surface area contributed by atoms with Crippen LogP contribution in [0.2, 0.25) is 0 Å². The number of amides is 1. The standard InChI is InChI=1S/C18H18FNO2/c19-17-8-6-15(7-9-17)16-10-11-20(12-16)18(21)22-13-14-4-2-1-3-5-14/h1-9,16H,10-13H2. The molecule has 1 heterocycles. The smallest absolute Gasteiger partial charge is 0.410 e. The van der Waals surface area contributed by atoms with Gasteiger partial charge >= 0.3 is 6.09 Å². The van der Waals surface area contributed by atoms with Crippen molar-refractivity contribution >= 4 is 6.09 Å². The second kappa shape index (κ2) is 6.60. The van der Waals surface area contributed by atoms with Crippen LogP contribution < -0.4 is 0 Å². The largest absolute Gasteiger partial charge is 0.445 e. The van der Waals surface area contributed by atoms with Gasteiger partial charge in [-0.25, -0.2) is 9.18 Å². The van der Waals surface area contributed by atoms with Gasteiger partial charge in [0.25, 0.3) is 0 Å². The van der Waals surface area contributed by atoms with Crippen LogP contribution in [0.5, 0.6) is 0 Å². The molecule has 0 spiro atoms. The summed E-state index contributed by atoms with van der Waals surface area (Å²) in [7, 11) is 0. The van der Waals surface area contributed by atoms with Crippen molar-refractivity contribution in [2.24, 2.45) is 0 Å². The first-order valence-electron chi connectivity index (χ1n) is 7.43. The maximum absolute atomic E-state index is 13.0. The van der Waals surface area contributed by atoms with Crippen LogP contribution in [0.15, 0.2) is 54.6 Å². The Kier molecular flexibility index (Phi) is 4.37. The maximum atomic E-state index is 13.0. The molecular weight excluding hydrogens is 281 g/mol. The normalized spacial score (nSPS) is 17.5. The fraction of sp³-hybridized carbons (Fsp3) is 0.278. The maximum Gasteiger partial charge on any atom is 0.410 e. The third kappa shape index (κ3) is 3.45. The van der Waals surface area contributed by atoms with Crippen molar-refractivity contribution in [1.82, 2.24) is 4.90 Å². The molecule has 1 aliphatic heterocycles. The van der Waals surface area contributed by atoms with E-state index in [-0.39, 0.29) is 24.4 Å². The van der Waals surface area contributed by atoms with Gasteiger partial charge in [0.15, 0.2) is 0 Å². The van der Waals surface area contributed by atoms with Gasteiger partial charge in [0, 0.05) is 19.0 Å². The van der Waals surface area contributed by atoms with Gasteiger partial charge < -0.3 is 9.64 Å². The molecule has 2 aromatic carbocycles. The van der Waals surface area contributed by atoms with E-state index < -0.39 is 0 Å². The van der Waals surface area contributed by atoms with Crippen LogP contribution >= 0.6 is 0 Å². The first-order valence-corrected chi connectivity index (χ1v) is 7.43. The van der Waals surface area contributed by atoms with Crippen LogP contribution in [0.4, 0.5) is 9.18 Å². The molecule has 22 heavy (non-hydrogen) atoms. The number of hydrogen-bond acceptors (Lipinski definition) is 2. The molecule has 0 aliphatic carbocycles. The predicted octanol–water partition coefficient (Wildman–Crippen LogP) is 3.95. The summed E-state index contributed by atoms with van der Waals surface area (Å²) in [6.07, 6.45) is 0.597. The van der Waals surface area contributed by atoms with Crippen LogP contribution in [-0.2, 0) is 11.3 Å². The van der Waals surface area contributed by atoms with Crippen LogP contribution in [0.1, 0.15) is 23.5 Å². The number of hydrogen-bond donors (Lipinski definition) is 0. The fourth-order valence-corrected chi connectivity index (χ4v) is 2.74. The summed E-state index contributed by atoms with van der Waals surface area (Å²) in [6.45, 7) is 1.59. The first kappa shape index (κ1) is 14.6. The molecule has 0 bridgehead atoms. The van der Waals surface area contributed by atoms with E-state index in [9.17, 15) is 9.18 Å². The second-order valence-corrected chi connectivity index (χ2v) is 5.52. The molecule has 0 aromatic heterocycles. The van der Waals surface area contributed by atoms with Gasteiger partial charge in [0.05, 0.1) is 0 Å². The molecule has 114 valence electrons. The Bertz CT molecular complexity index is 627. The molecule has 1 aliphatic rings. The minimum Gasteiger partial charge on any atom is -0.445 e. The van der Waals surface area contributed by atoms with Gasteiger partial charge in [-0.05, 0) is 29.7 Å². The molecule has 1 unspecified atom stereocenters. The number of benzene rings is 2. The summed E-state index contributed by atoms with van der Waals surface area (Å²) in [4.78, 5) is 13.8. The minimum atomic E-state index is -0.284. The number of carbonyl (C=O) groups is 1. The molecule has 1 fully saturated rings. The molecule has 2 aromatic rings. The molecule has 3 nitrogen and oxygen atoms in total. The molecule has 1 atom stereocenters. The Hall–Kier alpha value is -2.36. The van der Waals surface area contributed by atoms with Crippen LogP contribution in [0.3, 0.4) is 0 Å². The Morgan fingerprint density at radius 1 is 1.14 bits per heavy atom. The summed E-state index contributed by atoms with van der Waals surface area (Å²) in [5, 5.41) is 0. The Labute approximate surface area is 129 Å². The van der Waals surface area contributed by atoms with Crippen molar-refractivity contribution in [2.45, 2.75) is 18.9 Å². The summed E-state index contributed by atoms with van der Waals surface area (Å²) in [5.41, 5.74) is 2.05. The highest BCUT2D eigenvalue weighted by molar-refractivity contribution is 5.68. The highest BCUT2D eigenvalue weighted by Crippen LogP contribution is 2.27. The van der Waals surface area contributed by atoms with Gasteiger partial charge in [-0.2, -0.15) is 0 Å². The van der Waals surface area contributed by atoms with Crippen molar-refractivity contribution in [3.8, 4) is 0 Å². The summed E-state index contributed by atoms with van der Waals surface area (Å²) in [5.74, 6) is 0.0192. The number of halogens is 1. The number of nitrogens with zero attached hydrogens (tertiary/aromatic N) is 1. The molecule has 1 amide bonds. The van der Waals surface area contributed by atoms with Crippen molar-refractivity contribution in [1.29, 1.82) is 0 Å². The van der Waals surface area contributed by atoms with Crippen LogP contribution in [-0.4, -0.2) is 24.1 Å². The van der Waals surface area contributed by atoms with Crippen molar-refractivity contribution in [2.75, 3.05) is 13.1 Å². The Balaban J connectivity index is 1.53. The molecule has 3 rings (SSSR count). The van der Waals surface area contributed by atoms with Crippen LogP contribution in [0, 0.1) is 5.82 Å². The van der Waals surface area contributed by atoms with Crippen molar-refractivity contribution in [3.05, 3.63) is 71.5 Å². The van der Waals surface area contributed by atoms with E-state index in [1.165, 1.54) is 12.1 Å². The minimum absolute atomic E-state index is 0.235. The SMILES string of the molecule is O=C(OCc1ccccc1)N1CCC(c2ccc(F)cc2)C1. The summed E-state index contributed by atoms with van der Waals surface area (Å²) < 4.78 is 18.3. The van der Waals surface area contributed by atoms with Crippen molar-refractivity contribution < 1.29 is 13.9 Å². The monoisotopic (exact) mass is 299 g/mol. The molecular formula is C18H18FNO2. The second-order valence-electron chi connectivity index (χ2n) is 5.52. The number of likely N-dealkylation sites (tertiary alicyclic amines) is 1. The van der Waals surface area contributed by atoms with E-state index in [1.807, 2.05) is 30.3 Å². The van der Waals surface area contributed by atoms with Gasteiger partial charge in [-0.3, -0.25) is 0 Å². The summed E-state index contributed by atoms with van der Waals surface area (Å²) in [6, 6.07) is 16.1. The van der Waals surface area contributed by atoms with E-state index in [4.69, 9.17) is 4.74 Å². The average molecular weight is 299 g/mol. The average Bonchev–Trinajstić information content (AvgIpc) is 3.04. The Morgan fingerprint density at radius 3 is 2.59 bits per heavy atom. The van der Waals surface area contributed by atoms with Gasteiger partial charge in [-0.15, -0.1) is 0 Å². The van der Waals surface area contributed by atoms with E-state index in [1.54, 1.807) is 17.0 Å². The number of rotatable bonds is 3. The lowest BCUT2D eigenvalue weighted by atomic mass is 9.99. The van der Waals surface area contributed by atoms with Gasteiger partial charge in [0.2, 0.25) is 0 Å². The lowest BCUT2D eigenvalue weighted by Crippen LogP contribution is -2.29. The zero-order valence-electron chi connectivity index (χ0n) is 12.2. The highest BCUT2D eigenvalue weighted by atomic mass is 19.1. The van der Waals surface area contributed by atoms with E-state index in [0.29, 0.717) is 13.1 Å². The third-order valence-electron chi connectivity index (χ3n) is 3.99. The topological polar surface area (TPSA) is 29.5 Å². The third-order valence-corrected chi connectivity index (χ3v) is 3.99. The van der Waals surface area contributed by atoms with Crippen molar-refractivity contribution in [3.63, 3.8) is 0 Å². The van der Waals surface area contributed by atoms with E-state index in [0.717, 1.165) is 17.5 Å². The molecule has 0 radical (unpaired) electrons. The predicted molar refractivity (Wildman–Crippen MR) is 82.0 cm³/mol. The van der Waals surface area contributed by atoms with E-state index in [2.05, 4.69) is 0 Å². The van der Waals surface area contributed by atoms with E-state index >= 15 is 0 Å². The lowest BCUT2D eigenvalue weighted by Gasteiger charge is -2.16. The highest BCUT2D eigenvalue weighted by Gasteiger charge is 2.28. The number of carbonyl (C=O) groups excluding carboxylic acids is 1. The zero-order valence-corrected chi connectivity index (χ0v) is 12.2. The molecule has 4 heteroatoms. The Morgan fingerprint density at radius 2 is 1.86 bits per heavy atom.